The van der Waals surface area contributed by atoms with Crippen molar-refractivity contribution in [1.82, 2.24) is 0 Å². The van der Waals surface area contributed by atoms with Gasteiger partial charge in [0.15, 0.2) is 29.9 Å². The first-order chi connectivity index (χ1) is 20.8. The quantitative estimate of drug-likeness (QED) is 0.0777. The molecule has 0 aliphatic carbocycles. The molecule has 1 aromatic rings. The molecule has 0 N–H and O–H groups in total. The Morgan fingerprint density at radius 1 is 0.574 bits per heavy atom. The van der Waals surface area contributed by atoms with Gasteiger partial charge in [0.2, 0.25) is 5.82 Å². The molecule has 22 heteroatoms. The van der Waals surface area contributed by atoms with E-state index in [4.69, 9.17) is 0 Å². The summed E-state index contributed by atoms with van der Waals surface area (Å²) in [4.78, 5) is 12.6. The molecule has 0 radical (unpaired) electrons. The van der Waals surface area contributed by atoms with Crippen molar-refractivity contribution < 1.29 is 97.3 Å². The van der Waals surface area contributed by atoms with E-state index in [0.29, 0.717) is 0 Å². The number of carbonyl (C=O) groups excluding carboxylic acids is 1. The zero-order chi connectivity index (χ0) is 37.5. The van der Waals surface area contributed by atoms with Gasteiger partial charge in [0, 0.05) is 5.56 Å². The van der Waals surface area contributed by atoms with Crippen molar-refractivity contribution in [1.29, 1.82) is 0 Å². The van der Waals surface area contributed by atoms with Crippen LogP contribution in [0, 0.1) is 40.9 Å². The van der Waals surface area contributed by atoms with Gasteiger partial charge in [-0.15, -0.1) is 0 Å². The number of carbonyl (C=O) groups is 1. The minimum atomic E-state index is -8.56. The molecule has 0 fully saturated rings. The van der Waals surface area contributed by atoms with Crippen molar-refractivity contribution in [3.05, 3.63) is 34.6 Å². The van der Waals surface area contributed by atoms with Crippen molar-refractivity contribution >= 4 is 5.97 Å². The average molecular weight is 734 g/mol. The van der Waals surface area contributed by atoms with Gasteiger partial charge in [0.25, 0.3) is 0 Å². The molecule has 0 aromatic heterocycles. The predicted molar refractivity (Wildman–Crippen MR) is 118 cm³/mol. The lowest BCUT2D eigenvalue weighted by molar-refractivity contribution is -0.453. The van der Waals surface area contributed by atoms with Gasteiger partial charge in [0.1, 0.15) is 0 Å². The highest BCUT2D eigenvalue weighted by Gasteiger charge is 2.93. The molecule has 1 rings (SSSR count). The van der Waals surface area contributed by atoms with E-state index >= 15 is 0 Å². The zero-order valence-corrected chi connectivity index (χ0v) is 23.6. The monoisotopic (exact) mass is 734 g/mol. The van der Waals surface area contributed by atoms with Crippen molar-refractivity contribution in [2.75, 3.05) is 6.61 Å². The molecular weight excluding hydrogens is 712 g/mol. The molecule has 274 valence electrons. The number of alkyl halides is 15. The van der Waals surface area contributed by atoms with Crippen LogP contribution in [0.1, 0.15) is 57.9 Å². The van der Waals surface area contributed by atoms with Gasteiger partial charge in [-0.3, -0.25) is 4.79 Å². The standard InChI is InChI=1S/C25H22F20O2/c1-4-9(3)6-11(7-10(5-2)12-13(26)15(28)17(30)16(29)14(12)27)18(46)47-8-19(31,32)20(33,34)21(35,36)22(37,38)23(39,40)24(41,42)25(43,44)45/h9-11H,4-8H2,1-3H3/t9-,10-,11+/m1/s1. The normalized spacial score (nSPS) is 16.2. The minimum Gasteiger partial charge on any atom is -0.459 e. The number of rotatable bonds is 15. The lowest BCUT2D eigenvalue weighted by atomic mass is 9.82. The number of benzene rings is 1. The lowest BCUT2D eigenvalue weighted by Crippen LogP contribution is -2.73. The number of hydrogen-bond acceptors (Lipinski definition) is 2. The van der Waals surface area contributed by atoms with Crippen LogP contribution in [0.15, 0.2) is 0 Å². The molecule has 2 nitrogen and oxygen atoms in total. The number of esters is 1. The van der Waals surface area contributed by atoms with Crippen LogP contribution in [-0.2, 0) is 9.53 Å². The van der Waals surface area contributed by atoms with Crippen LogP contribution >= 0.6 is 0 Å². The van der Waals surface area contributed by atoms with Crippen LogP contribution in [0.4, 0.5) is 87.8 Å². The van der Waals surface area contributed by atoms with Crippen LogP contribution in [-0.4, -0.2) is 54.3 Å². The van der Waals surface area contributed by atoms with Crippen LogP contribution in [0.5, 0.6) is 0 Å². The SMILES string of the molecule is CC[C@@H](C)C[C@@H](C[C@@H](CC)c1c(F)c(F)c(F)c(F)c1F)C(=O)OCC(F)(F)C(F)(F)C(F)(F)C(F)(F)C(F)(F)C(F)(F)C(F)(F)F. The summed E-state index contributed by atoms with van der Waals surface area (Å²) < 4.78 is 275. The topological polar surface area (TPSA) is 26.3 Å². The second-order valence-corrected chi connectivity index (χ2v) is 10.5. The van der Waals surface area contributed by atoms with E-state index in [1.807, 2.05) is 0 Å². The molecule has 3 atom stereocenters. The van der Waals surface area contributed by atoms with Gasteiger partial charge >= 0.3 is 47.7 Å². The first-order valence-electron chi connectivity index (χ1n) is 12.8. The Labute approximate surface area is 251 Å². The van der Waals surface area contributed by atoms with E-state index in [2.05, 4.69) is 4.74 Å². The first kappa shape index (κ1) is 42.3. The summed E-state index contributed by atoms with van der Waals surface area (Å²) in [5.74, 6) is -67.6. The number of halogens is 20. The highest BCUT2D eigenvalue weighted by molar-refractivity contribution is 5.72. The second kappa shape index (κ2) is 13.7. The van der Waals surface area contributed by atoms with Crippen LogP contribution in [0.25, 0.3) is 0 Å². The van der Waals surface area contributed by atoms with Gasteiger partial charge in [-0.25, -0.2) is 22.0 Å². The average Bonchev–Trinajstić information content (AvgIpc) is 2.95. The Hall–Kier alpha value is -2.71. The summed E-state index contributed by atoms with van der Waals surface area (Å²) in [6, 6.07) is 0. The van der Waals surface area contributed by atoms with E-state index in [1.165, 1.54) is 13.8 Å². The fourth-order valence-corrected chi connectivity index (χ4v) is 4.12. The number of ether oxygens (including phenoxy) is 1. The Morgan fingerprint density at radius 3 is 1.34 bits per heavy atom. The molecule has 0 aliphatic heterocycles. The predicted octanol–water partition coefficient (Wildman–Crippen LogP) is 10.2. The fourth-order valence-electron chi connectivity index (χ4n) is 4.12. The molecule has 1 aromatic carbocycles. The number of hydrogen-bond donors (Lipinski definition) is 0. The van der Waals surface area contributed by atoms with Crippen LogP contribution in [0.3, 0.4) is 0 Å². The van der Waals surface area contributed by atoms with Gasteiger partial charge in [-0.05, 0) is 31.1 Å². The van der Waals surface area contributed by atoms with Crippen LogP contribution < -0.4 is 0 Å². The molecule has 0 saturated carbocycles. The molecule has 0 aliphatic rings. The van der Waals surface area contributed by atoms with E-state index < -0.39 is 126 Å². The fraction of sp³-hybridized carbons (Fsp3) is 0.720. The summed E-state index contributed by atoms with van der Waals surface area (Å²) in [6.45, 7) is 0.344. The molecular formula is C25H22F20O2. The Balaban J connectivity index is 3.49. The van der Waals surface area contributed by atoms with Gasteiger partial charge in [-0.1, -0.05) is 27.2 Å². The zero-order valence-electron chi connectivity index (χ0n) is 23.6. The second-order valence-electron chi connectivity index (χ2n) is 10.5. The largest absolute Gasteiger partial charge is 0.460 e. The highest BCUT2D eigenvalue weighted by atomic mass is 19.4. The van der Waals surface area contributed by atoms with Crippen molar-refractivity contribution in [3.63, 3.8) is 0 Å². The van der Waals surface area contributed by atoms with Gasteiger partial charge < -0.3 is 4.74 Å². The van der Waals surface area contributed by atoms with Gasteiger partial charge in [-0.2, -0.15) is 65.9 Å². The Morgan fingerprint density at radius 2 is 0.957 bits per heavy atom. The van der Waals surface area contributed by atoms with Crippen molar-refractivity contribution in [2.45, 2.75) is 94.1 Å². The first-order valence-corrected chi connectivity index (χ1v) is 12.8. The summed E-state index contributed by atoms with van der Waals surface area (Å²) in [5.41, 5.74) is -1.53. The molecule has 0 amide bonds. The summed E-state index contributed by atoms with van der Waals surface area (Å²) in [7, 11) is 0. The smallest absolute Gasteiger partial charge is 0.459 e. The highest BCUT2D eigenvalue weighted by Crippen LogP contribution is 2.62. The van der Waals surface area contributed by atoms with E-state index in [9.17, 15) is 92.6 Å². The van der Waals surface area contributed by atoms with Crippen LogP contribution in [0.2, 0.25) is 0 Å². The molecule has 0 bridgehead atoms. The third kappa shape index (κ3) is 7.19. The van der Waals surface area contributed by atoms with E-state index in [0.717, 1.165) is 6.92 Å². The maximum absolute atomic E-state index is 14.4. The van der Waals surface area contributed by atoms with E-state index in [-0.39, 0.29) is 6.42 Å². The maximum atomic E-state index is 14.4. The lowest BCUT2D eigenvalue weighted by Gasteiger charge is -2.41. The Bertz CT molecular complexity index is 1240. The summed E-state index contributed by atoms with van der Waals surface area (Å²) in [6.07, 6.45) is -9.96. The summed E-state index contributed by atoms with van der Waals surface area (Å²) in [5, 5.41) is 0. The maximum Gasteiger partial charge on any atom is 0.460 e. The summed E-state index contributed by atoms with van der Waals surface area (Å²) >= 11 is 0. The van der Waals surface area contributed by atoms with E-state index in [1.54, 1.807) is 0 Å². The molecule has 0 spiro atoms. The Kier molecular flexibility index (Phi) is 12.3. The van der Waals surface area contributed by atoms with Gasteiger partial charge in [0.05, 0.1) is 5.92 Å². The third-order valence-corrected chi connectivity index (χ3v) is 7.22. The van der Waals surface area contributed by atoms with Crippen molar-refractivity contribution in [2.24, 2.45) is 11.8 Å². The molecule has 0 saturated heterocycles. The minimum absolute atomic E-state index is 0.0927. The molecule has 0 unspecified atom stereocenters. The van der Waals surface area contributed by atoms with Crippen molar-refractivity contribution in [3.8, 4) is 0 Å². The third-order valence-electron chi connectivity index (χ3n) is 7.22. The molecule has 47 heavy (non-hydrogen) atoms. The molecule has 0 heterocycles.